The molecule has 0 heterocycles. The zero-order valence-corrected chi connectivity index (χ0v) is 14.2. The molecule has 0 amide bonds. The normalized spacial score (nSPS) is 12.6. The molecule has 2 nitrogen and oxygen atoms in total. The van der Waals surface area contributed by atoms with Crippen LogP contribution in [0.25, 0.3) is 10.8 Å². The third kappa shape index (κ3) is 4.44. The Hall–Kier alpha value is -2.16. The zero-order valence-electron chi connectivity index (χ0n) is 14.2. The second-order valence-electron chi connectivity index (χ2n) is 6.45. The molecule has 3 aromatic carbocycles. The Balaban J connectivity index is 1.51. The molecule has 2 heteroatoms. The van der Waals surface area contributed by atoms with E-state index in [1.807, 2.05) is 24.3 Å². The molecule has 124 valence electrons. The van der Waals surface area contributed by atoms with E-state index < -0.39 is 6.10 Å². The number of likely N-dealkylation sites (N-methyl/N-ethyl adjacent to an activating group) is 1. The summed E-state index contributed by atoms with van der Waals surface area (Å²) in [5.41, 5.74) is 2.37. The van der Waals surface area contributed by atoms with Gasteiger partial charge in [0, 0.05) is 13.1 Å². The fourth-order valence-electron chi connectivity index (χ4n) is 3.00. The molecule has 0 saturated carbocycles. The molecule has 1 unspecified atom stereocenters. The lowest BCUT2D eigenvalue weighted by molar-refractivity contribution is 0.149. The average molecular weight is 319 g/mol. The first-order chi connectivity index (χ1) is 11.7. The van der Waals surface area contributed by atoms with Crippen molar-refractivity contribution < 1.29 is 5.11 Å². The third-order valence-corrected chi connectivity index (χ3v) is 4.57. The van der Waals surface area contributed by atoms with Crippen molar-refractivity contribution >= 4 is 10.8 Å². The van der Waals surface area contributed by atoms with E-state index in [0.29, 0.717) is 0 Å². The lowest BCUT2D eigenvalue weighted by Gasteiger charge is -2.19. The summed E-state index contributed by atoms with van der Waals surface area (Å²) >= 11 is 0. The van der Waals surface area contributed by atoms with Crippen molar-refractivity contribution in [3.05, 3.63) is 83.9 Å². The van der Waals surface area contributed by atoms with Crippen molar-refractivity contribution in [1.29, 1.82) is 0 Å². The first-order valence-electron chi connectivity index (χ1n) is 8.61. The maximum absolute atomic E-state index is 10.5. The Bertz CT molecular complexity index is 769. The van der Waals surface area contributed by atoms with Crippen LogP contribution in [0.5, 0.6) is 0 Å². The molecule has 0 fully saturated rings. The quantitative estimate of drug-likeness (QED) is 0.696. The Kier molecular flexibility index (Phi) is 5.63. The van der Waals surface area contributed by atoms with Crippen LogP contribution in [0.1, 0.15) is 23.7 Å². The molecule has 3 aromatic rings. The van der Waals surface area contributed by atoms with Gasteiger partial charge in [0.2, 0.25) is 0 Å². The topological polar surface area (TPSA) is 23.5 Å². The van der Waals surface area contributed by atoms with Crippen molar-refractivity contribution in [1.82, 2.24) is 4.90 Å². The van der Waals surface area contributed by atoms with Gasteiger partial charge < -0.3 is 10.0 Å². The Morgan fingerprint density at radius 1 is 0.833 bits per heavy atom. The largest absolute Gasteiger partial charge is 0.388 e. The highest BCUT2D eigenvalue weighted by Gasteiger charge is 2.10. The molecule has 24 heavy (non-hydrogen) atoms. The molecule has 1 N–H and O–H groups in total. The minimum absolute atomic E-state index is 0.409. The highest BCUT2D eigenvalue weighted by atomic mass is 16.3. The van der Waals surface area contributed by atoms with E-state index in [2.05, 4.69) is 60.5 Å². The molecule has 1 atom stereocenters. The summed E-state index contributed by atoms with van der Waals surface area (Å²) in [6, 6.07) is 25.0. The molecular weight excluding hydrogens is 294 g/mol. The molecule has 0 saturated heterocycles. The summed E-state index contributed by atoms with van der Waals surface area (Å²) in [6.45, 7) is 1.90. The summed E-state index contributed by atoms with van der Waals surface area (Å²) < 4.78 is 0. The molecule has 0 aliphatic heterocycles. The van der Waals surface area contributed by atoms with Crippen LogP contribution >= 0.6 is 0 Å². The maximum Gasteiger partial charge on any atom is 0.0802 e. The number of benzene rings is 3. The van der Waals surface area contributed by atoms with Crippen molar-refractivity contribution in [2.75, 3.05) is 20.1 Å². The second-order valence-corrected chi connectivity index (χ2v) is 6.45. The minimum Gasteiger partial charge on any atom is -0.388 e. The van der Waals surface area contributed by atoms with Crippen LogP contribution in [0, 0.1) is 0 Å². The van der Waals surface area contributed by atoms with Crippen LogP contribution in [0.2, 0.25) is 0 Å². The van der Waals surface area contributed by atoms with E-state index >= 15 is 0 Å². The van der Waals surface area contributed by atoms with E-state index in [1.54, 1.807) is 0 Å². The van der Waals surface area contributed by atoms with Gasteiger partial charge in [0.1, 0.15) is 0 Å². The second kappa shape index (κ2) is 8.09. The first kappa shape index (κ1) is 16.7. The van der Waals surface area contributed by atoms with E-state index in [-0.39, 0.29) is 0 Å². The van der Waals surface area contributed by atoms with E-state index in [9.17, 15) is 5.11 Å². The lowest BCUT2D eigenvalue weighted by atomic mass is 10.0. The highest BCUT2D eigenvalue weighted by Crippen LogP contribution is 2.22. The van der Waals surface area contributed by atoms with Gasteiger partial charge in [-0.15, -0.1) is 0 Å². The summed E-state index contributed by atoms with van der Waals surface area (Å²) in [6.07, 6.45) is 1.39. The fraction of sp³-hybridized carbons (Fsp3) is 0.273. The molecule has 0 aliphatic rings. The van der Waals surface area contributed by atoms with Crippen LogP contribution in [-0.2, 0) is 6.42 Å². The van der Waals surface area contributed by atoms with Gasteiger partial charge in [-0.1, -0.05) is 66.7 Å². The number of hydrogen-bond donors (Lipinski definition) is 1. The number of nitrogens with zero attached hydrogens (tertiary/aromatic N) is 1. The first-order valence-corrected chi connectivity index (χ1v) is 8.61. The number of fused-ring (bicyclic) bond motifs is 1. The van der Waals surface area contributed by atoms with Gasteiger partial charge in [-0.2, -0.15) is 0 Å². The van der Waals surface area contributed by atoms with Gasteiger partial charge in [0.25, 0.3) is 0 Å². The van der Waals surface area contributed by atoms with Crippen molar-refractivity contribution in [3.63, 3.8) is 0 Å². The molecule has 0 bridgehead atoms. The van der Waals surface area contributed by atoms with Gasteiger partial charge >= 0.3 is 0 Å². The minimum atomic E-state index is -0.409. The number of aliphatic hydroxyl groups is 1. The van der Waals surface area contributed by atoms with E-state index in [0.717, 1.165) is 31.5 Å². The molecule has 0 radical (unpaired) electrons. The van der Waals surface area contributed by atoms with Crippen LogP contribution in [-0.4, -0.2) is 30.1 Å². The molecular formula is C22H25NO. The fourth-order valence-corrected chi connectivity index (χ4v) is 3.00. The summed E-state index contributed by atoms with van der Waals surface area (Å²) in [7, 11) is 2.12. The maximum atomic E-state index is 10.5. The molecule has 0 aliphatic carbocycles. The van der Waals surface area contributed by atoms with Crippen LogP contribution < -0.4 is 0 Å². The monoisotopic (exact) mass is 319 g/mol. The summed E-state index contributed by atoms with van der Waals surface area (Å²) in [5, 5.41) is 12.9. The standard InChI is InChI=1S/C22H25NO/c1-23(15-13-18-7-3-2-4-8-18)16-14-22(24)21-12-11-19-9-5-6-10-20(19)17-21/h2-12,17,22,24H,13-16H2,1H3. The van der Waals surface area contributed by atoms with Gasteiger partial charge in [-0.3, -0.25) is 0 Å². The number of rotatable bonds is 7. The van der Waals surface area contributed by atoms with Gasteiger partial charge in [-0.05, 0) is 47.9 Å². The van der Waals surface area contributed by atoms with Gasteiger partial charge in [0.05, 0.1) is 6.10 Å². The lowest BCUT2D eigenvalue weighted by Crippen LogP contribution is -2.23. The van der Waals surface area contributed by atoms with E-state index in [4.69, 9.17) is 0 Å². The zero-order chi connectivity index (χ0) is 16.8. The smallest absolute Gasteiger partial charge is 0.0802 e. The van der Waals surface area contributed by atoms with Gasteiger partial charge in [0.15, 0.2) is 0 Å². The highest BCUT2D eigenvalue weighted by molar-refractivity contribution is 5.83. The molecule has 0 aromatic heterocycles. The number of aliphatic hydroxyl groups excluding tert-OH is 1. The van der Waals surface area contributed by atoms with Crippen LogP contribution in [0.3, 0.4) is 0 Å². The van der Waals surface area contributed by atoms with E-state index in [1.165, 1.54) is 16.3 Å². The van der Waals surface area contributed by atoms with Gasteiger partial charge in [-0.25, -0.2) is 0 Å². The predicted molar refractivity (Wildman–Crippen MR) is 101 cm³/mol. The number of hydrogen-bond acceptors (Lipinski definition) is 2. The molecule has 0 spiro atoms. The van der Waals surface area contributed by atoms with Crippen molar-refractivity contribution in [3.8, 4) is 0 Å². The Morgan fingerprint density at radius 3 is 2.33 bits per heavy atom. The average Bonchev–Trinajstić information content (AvgIpc) is 2.65. The summed E-state index contributed by atoms with van der Waals surface area (Å²) in [5.74, 6) is 0. The predicted octanol–water partition coefficient (Wildman–Crippen LogP) is 4.44. The Morgan fingerprint density at radius 2 is 1.54 bits per heavy atom. The Labute approximate surface area is 144 Å². The van der Waals surface area contributed by atoms with Crippen molar-refractivity contribution in [2.24, 2.45) is 0 Å². The van der Waals surface area contributed by atoms with Crippen LogP contribution in [0.4, 0.5) is 0 Å². The van der Waals surface area contributed by atoms with Crippen LogP contribution in [0.15, 0.2) is 72.8 Å². The molecule has 3 rings (SSSR count). The summed E-state index contributed by atoms with van der Waals surface area (Å²) in [4.78, 5) is 2.29. The van der Waals surface area contributed by atoms with Crippen molar-refractivity contribution in [2.45, 2.75) is 18.9 Å². The third-order valence-electron chi connectivity index (χ3n) is 4.57. The SMILES string of the molecule is CN(CCc1ccccc1)CCC(O)c1ccc2ccccc2c1.